The number of hydrogen-bond donors (Lipinski definition) is 1. The largest absolute Gasteiger partial charge is 0.352 e. The Kier molecular flexibility index (Phi) is 6.85. The monoisotopic (exact) mass is 245 g/mol. The number of rotatable bonds is 7. The minimum absolute atomic E-state index is 0.0153. The molecule has 0 aliphatic heterocycles. The van der Waals surface area contributed by atoms with Crippen LogP contribution in [-0.2, 0) is 6.42 Å². The van der Waals surface area contributed by atoms with Gasteiger partial charge in [-0.1, -0.05) is 37.6 Å². The van der Waals surface area contributed by atoms with Crippen LogP contribution in [0.4, 0.5) is 0 Å². The third-order valence-corrected chi connectivity index (χ3v) is 2.87. The van der Waals surface area contributed by atoms with E-state index < -0.39 is 0 Å². The topological polar surface area (TPSA) is 29.1 Å². The van der Waals surface area contributed by atoms with Crippen LogP contribution >= 0.6 is 0 Å². The Hall–Kier alpha value is -1.57. The number of allylic oxidation sites excluding steroid dienone is 1. The number of nitrogens with one attached hydrogen (secondary N) is 1. The third-order valence-electron chi connectivity index (χ3n) is 2.87. The highest BCUT2D eigenvalue weighted by molar-refractivity contribution is 5.94. The molecule has 2 nitrogen and oxygen atoms in total. The highest BCUT2D eigenvalue weighted by Gasteiger charge is 2.03. The summed E-state index contributed by atoms with van der Waals surface area (Å²) in [7, 11) is 0. The van der Waals surface area contributed by atoms with E-state index in [9.17, 15) is 4.79 Å². The minimum Gasteiger partial charge on any atom is -0.352 e. The molecule has 98 valence electrons. The first-order valence-corrected chi connectivity index (χ1v) is 6.76. The minimum atomic E-state index is 0.0153. The number of benzene rings is 1. The molecule has 0 saturated heterocycles. The van der Waals surface area contributed by atoms with Gasteiger partial charge < -0.3 is 5.32 Å². The molecule has 18 heavy (non-hydrogen) atoms. The smallest absolute Gasteiger partial charge is 0.251 e. The van der Waals surface area contributed by atoms with Gasteiger partial charge in [-0.3, -0.25) is 4.79 Å². The predicted molar refractivity (Wildman–Crippen MR) is 76.8 cm³/mol. The Labute approximate surface area is 110 Å². The van der Waals surface area contributed by atoms with Crippen LogP contribution in [0.5, 0.6) is 0 Å². The van der Waals surface area contributed by atoms with Crippen LogP contribution in [0.2, 0.25) is 0 Å². The summed E-state index contributed by atoms with van der Waals surface area (Å²) in [6, 6.07) is 7.93. The van der Waals surface area contributed by atoms with E-state index >= 15 is 0 Å². The molecule has 0 radical (unpaired) electrons. The van der Waals surface area contributed by atoms with Gasteiger partial charge in [0.1, 0.15) is 0 Å². The molecule has 0 atom stereocenters. The molecule has 0 heterocycles. The molecule has 1 amide bonds. The van der Waals surface area contributed by atoms with Gasteiger partial charge >= 0.3 is 0 Å². The number of carbonyl (C=O) groups excluding carboxylic acids is 1. The Bertz CT molecular complexity index is 379. The van der Waals surface area contributed by atoms with Gasteiger partial charge in [0.05, 0.1) is 0 Å². The molecule has 0 spiro atoms. The van der Waals surface area contributed by atoms with Crippen molar-refractivity contribution in [2.24, 2.45) is 0 Å². The molecule has 0 aromatic heterocycles. The van der Waals surface area contributed by atoms with Crippen molar-refractivity contribution in [3.63, 3.8) is 0 Å². The van der Waals surface area contributed by atoms with E-state index in [1.54, 1.807) is 0 Å². The van der Waals surface area contributed by atoms with Crippen molar-refractivity contribution in [1.29, 1.82) is 0 Å². The summed E-state index contributed by atoms with van der Waals surface area (Å²) in [6.07, 6.45) is 8.43. The van der Waals surface area contributed by atoms with E-state index in [-0.39, 0.29) is 5.91 Å². The first kappa shape index (κ1) is 14.5. The normalized spacial score (nSPS) is 10.8. The second kappa shape index (κ2) is 8.51. The number of aryl methyl sites for hydroxylation is 1. The standard InChI is InChI=1S/C16H23NO/c1-3-5-7-13-17-16(18)15-11-9-14(10-12-15)8-6-4-2/h3,5,9-12H,4,6-8,13H2,1-2H3,(H,17,18)/b5-3+. The van der Waals surface area contributed by atoms with Crippen LogP contribution in [0.1, 0.15) is 49.0 Å². The van der Waals surface area contributed by atoms with Gasteiger partial charge in [0.2, 0.25) is 0 Å². The molecule has 2 heteroatoms. The van der Waals surface area contributed by atoms with Gasteiger partial charge in [0.25, 0.3) is 5.91 Å². The summed E-state index contributed by atoms with van der Waals surface area (Å²) >= 11 is 0. The van der Waals surface area contributed by atoms with Gasteiger partial charge in [0.15, 0.2) is 0 Å². The first-order chi connectivity index (χ1) is 8.77. The molecule has 1 aromatic rings. The van der Waals surface area contributed by atoms with Crippen molar-refractivity contribution in [3.8, 4) is 0 Å². The third kappa shape index (κ3) is 5.17. The number of carbonyl (C=O) groups is 1. The molecular weight excluding hydrogens is 222 g/mol. The van der Waals surface area contributed by atoms with Gasteiger partial charge in [-0.25, -0.2) is 0 Å². The van der Waals surface area contributed by atoms with E-state index in [0.717, 1.165) is 18.4 Å². The fraction of sp³-hybridized carbons (Fsp3) is 0.438. The lowest BCUT2D eigenvalue weighted by Gasteiger charge is -2.05. The quantitative estimate of drug-likeness (QED) is 0.575. The lowest BCUT2D eigenvalue weighted by Crippen LogP contribution is -2.24. The molecule has 0 fully saturated rings. The summed E-state index contributed by atoms with van der Waals surface area (Å²) in [6.45, 7) is 4.87. The molecule has 0 saturated carbocycles. The zero-order valence-electron chi connectivity index (χ0n) is 11.4. The molecule has 1 N–H and O–H groups in total. The Morgan fingerprint density at radius 3 is 2.61 bits per heavy atom. The SMILES string of the molecule is C/C=C/CCNC(=O)c1ccc(CCCC)cc1. The van der Waals surface area contributed by atoms with Crippen molar-refractivity contribution in [2.75, 3.05) is 6.54 Å². The molecule has 0 aliphatic rings. The Balaban J connectivity index is 2.43. The second-order valence-corrected chi connectivity index (χ2v) is 4.41. The van der Waals surface area contributed by atoms with Crippen LogP contribution in [0.3, 0.4) is 0 Å². The second-order valence-electron chi connectivity index (χ2n) is 4.41. The Morgan fingerprint density at radius 1 is 1.28 bits per heavy atom. The fourth-order valence-corrected chi connectivity index (χ4v) is 1.74. The summed E-state index contributed by atoms with van der Waals surface area (Å²) < 4.78 is 0. The van der Waals surface area contributed by atoms with Gasteiger partial charge in [-0.05, 0) is 43.9 Å². The fourth-order valence-electron chi connectivity index (χ4n) is 1.74. The number of unbranched alkanes of at least 4 members (excludes halogenated alkanes) is 1. The lowest BCUT2D eigenvalue weighted by atomic mass is 10.1. The molecule has 0 unspecified atom stereocenters. The average molecular weight is 245 g/mol. The maximum absolute atomic E-state index is 11.8. The van der Waals surface area contributed by atoms with Crippen LogP contribution < -0.4 is 5.32 Å². The molecule has 1 rings (SSSR count). The van der Waals surface area contributed by atoms with Gasteiger partial charge in [-0.2, -0.15) is 0 Å². The summed E-state index contributed by atoms with van der Waals surface area (Å²) in [5.74, 6) is 0.0153. The maximum atomic E-state index is 11.8. The van der Waals surface area contributed by atoms with Crippen LogP contribution in [0.15, 0.2) is 36.4 Å². The lowest BCUT2D eigenvalue weighted by molar-refractivity contribution is 0.0954. The van der Waals surface area contributed by atoms with Crippen molar-refractivity contribution < 1.29 is 4.79 Å². The van der Waals surface area contributed by atoms with Crippen LogP contribution in [-0.4, -0.2) is 12.5 Å². The zero-order chi connectivity index (χ0) is 13.2. The van der Waals surface area contributed by atoms with Gasteiger partial charge in [-0.15, -0.1) is 0 Å². The summed E-state index contributed by atoms with van der Waals surface area (Å²) in [4.78, 5) is 11.8. The highest BCUT2D eigenvalue weighted by Crippen LogP contribution is 2.07. The average Bonchev–Trinajstić information content (AvgIpc) is 2.41. The Morgan fingerprint density at radius 2 is 2.00 bits per heavy atom. The van der Waals surface area contributed by atoms with E-state index in [1.807, 2.05) is 31.2 Å². The summed E-state index contributed by atoms with van der Waals surface area (Å²) in [5, 5.41) is 2.91. The van der Waals surface area contributed by atoms with E-state index in [2.05, 4.69) is 24.4 Å². The van der Waals surface area contributed by atoms with Crippen molar-refractivity contribution in [3.05, 3.63) is 47.5 Å². The summed E-state index contributed by atoms with van der Waals surface area (Å²) in [5.41, 5.74) is 2.05. The molecular formula is C16H23NO. The van der Waals surface area contributed by atoms with Gasteiger partial charge in [0, 0.05) is 12.1 Å². The van der Waals surface area contributed by atoms with E-state index in [1.165, 1.54) is 18.4 Å². The van der Waals surface area contributed by atoms with Crippen molar-refractivity contribution in [1.82, 2.24) is 5.32 Å². The predicted octanol–water partition coefficient (Wildman–Crippen LogP) is 3.73. The van der Waals surface area contributed by atoms with Crippen LogP contribution in [0, 0.1) is 0 Å². The maximum Gasteiger partial charge on any atom is 0.251 e. The molecule has 0 aliphatic carbocycles. The van der Waals surface area contributed by atoms with Crippen molar-refractivity contribution >= 4 is 5.91 Å². The highest BCUT2D eigenvalue weighted by atomic mass is 16.1. The van der Waals surface area contributed by atoms with Crippen LogP contribution in [0.25, 0.3) is 0 Å². The van der Waals surface area contributed by atoms with Crippen molar-refractivity contribution in [2.45, 2.75) is 39.5 Å². The number of amides is 1. The zero-order valence-corrected chi connectivity index (χ0v) is 11.4. The van der Waals surface area contributed by atoms with E-state index in [0.29, 0.717) is 6.54 Å². The first-order valence-electron chi connectivity index (χ1n) is 6.76. The number of hydrogen-bond acceptors (Lipinski definition) is 1. The molecule has 1 aromatic carbocycles. The molecule has 0 bridgehead atoms. The van der Waals surface area contributed by atoms with E-state index in [4.69, 9.17) is 0 Å².